The van der Waals surface area contributed by atoms with Gasteiger partial charge in [0.1, 0.15) is 0 Å². The molecule has 0 aromatic heterocycles. The van der Waals surface area contributed by atoms with Crippen molar-refractivity contribution >= 4 is 11.9 Å². The van der Waals surface area contributed by atoms with Crippen molar-refractivity contribution in [1.29, 1.82) is 0 Å². The van der Waals surface area contributed by atoms with Gasteiger partial charge >= 0.3 is 5.97 Å². The molecule has 222 valence electrons. The van der Waals surface area contributed by atoms with E-state index in [9.17, 15) is 14.7 Å². The summed E-state index contributed by atoms with van der Waals surface area (Å²) in [7, 11) is 2.05. The molecular formula is C34H40N2O6. The number of nitrogens with one attached hydrogen (secondary N) is 1. The number of carboxylic acid groups (broad SMARTS) is 1. The highest BCUT2D eigenvalue weighted by Gasteiger charge is 2.32. The van der Waals surface area contributed by atoms with Crippen LogP contribution in [0.4, 0.5) is 0 Å². The topological polar surface area (TPSA) is 108 Å². The van der Waals surface area contributed by atoms with E-state index in [1.807, 2.05) is 85.9 Å². The maximum atomic E-state index is 12.2. The summed E-state index contributed by atoms with van der Waals surface area (Å²) in [4.78, 5) is 25.1. The molecule has 0 bridgehead atoms. The molecule has 3 aromatic rings. The molecule has 1 aliphatic rings. The van der Waals surface area contributed by atoms with Gasteiger partial charge in [0.05, 0.1) is 18.8 Å². The van der Waals surface area contributed by atoms with Gasteiger partial charge in [-0.2, -0.15) is 0 Å². The summed E-state index contributed by atoms with van der Waals surface area (Å²) in [6.45, 7) is 5.70. The molecule has 8 nitrogen and oxygen atoms in total. The van der Waals surface area contributed by atoms with E-state index in [0.29, 0.717) is 19.4 Å². The SMILES string of the molecule is C=CCN(C)C[C@@H]1C[C@H](c2ccc(CO)cc2)O[C@H](c2ccc(-c3ccccc3CNC(=O)CCCC(=O)O)cc2)O1. The maximum absolute atomic E-state index is 12.2. The Kier molecular flexibility index (Phi) is 11.4. The van der Waals surface area contributed by atoms with Gasteiger partial charge in [-0.05, 0) is 41.3 Å². The summed E-state index contributed by atoms with van der Waals surface area (Å²) in [5.74, 6) is -1.06. The van der Waals surface area contributed by atoms with Crippen molar-refractivity contribution in [3.63, 3.8) is 0 Å². The van der Waals surface area contributed by atoms with Gasteiger partial charge in [-0.15, -0.1) is 6.58 Å². The molecule has 42 heavy (non-hydrogen) atoms. The second-order valence-corrected chi connectivity index (χ2v) is 10.7. The minimum Gasteiger partial charge on any atom is -0.481 e. The second-order valence-electron chi connectivity index (χ2n) is 10.7. The maximum Gasteiger partial charge on any atom is 0.303 e. The molecule has 0 unspecified atom stereocenters. The number of hydrogen-bond acceptors (Lipinski definition) is 6. The molecule has 1 fully saturated rings. The largest absolute Gasteiger partial charge is 0.481 e. The van der Waals surface area contributed by atoms with E-state index in [0.717, 1.165) is 46.5 Å². The van der Waals surface area contributed by atoms with E-state index in [1.54, 1.807) is 0 Å². The van der Waals surface area contributed by atoms with E-state index in [-0.39, 0.29) is 37.6 Å². The lowest BCUT2D eigenvalue weighted by atomic mass is 9.97. The lowest BCUT2D eigenvalue weighted by Gasteiger charge is -2.37. The van der Waals surface area contributed by atoms with Crippen molar-refractivity contribution in [3.8, 4) is 11.1 Å². The van der Waals surface area contributed by atoms with Crippen LogP contribution in [-0.2, 0) is 32.2 Å². The Morgan fingerprint density at radius 3 is 2.40 bits per heavy atom. The Hall–Kier alpha value is -3.82. The average molecular weight is 573 g/mol. The molecule has 3 atom stereocenters. The number of benzene rings is 3. The number of aliphatic carboxylic acids is 1. The lowest BCUT2D eigenvalue weighted by molar-refractivity contribution is -0.252. The standard InChI is InChI=1S/C34H40N2O6/c1-3-19-36(2)22-29-20-31(26-13-11-24(23-37)12-14-26)42-34(41-29)27-17-15-25(16-18-27)30-8-5-4-7-28(30)21-35-32(38)9-6-10-33(39)40/h3-5,7-8,11-18,29,31,34,37H,1,6,9-10,19-23H2,2H3,(H,35,38)(H,39,40)/t29-,31+,34+/m0/s1. The van der Waals surface area contributed by atoms with Crippen LogP contribution in [-0.4, -0.2) is 53.2 Å². The van der Waals surface area contributed by atoms with Gasteiger partial charge in [-0.1, -0.05) is 78.9 Å². The summed E-state index contributed by atoms with van der Waals surface area (Å²) >= 11 is 0. The fraction of sp³-hybridized carbons (Fsp3) is 0.353. The number of carbonyl (C=O) groups is 2. The number of aliphatic hydroxyl groups is 1. The third-order valence-electron chi connectivity index (χ3n) is 7.35. The fourth-order valence-electron chi connectivity index (χ4n) is 5.13. The van der Waals surface area contributed by atoms with Crippen LogP contribution >= 0.6 is 0 Å². The predicted octanol–water partition coefficient (Wildman–Crippen LogP) is 5.38. The van der Waals surface area contributed by atoms with Crippen LogP contribution in [0.2, 0.25) is 0 Å². The molecule has 8 heteroatoms. The quantitative estimate of drug-likeness (QED) is 0.223. The molecular weight excluding hydrogens is 532 g/mol. The second kappa shape index (κ2) is 15.4. The Morgan fingerprint density at radius 2 is 1.71 bits per heavy atom. The summed E-state index contributed by atoms with van der Waals surface area (Å²) < 4.78 is 12.9. The van der Waals surface area contributed by atoms with Crippen molar-refractivity contribution < 1.29 is 29.3 Å². The van der Waals surface area contributed by atoms with Gasteiger partial charge < -0.3 is 29.9 Å². The van der Waals surface area contributed by atoms with Crippen molar-refractivity contribution in [2.45, 2.75) is 57.3 Å². The molecule has 0 saturated carbocycles. The van der Waals surface area contributed by atoms with Crippen molar-refractivity contribution in [2.24, 2.45) is 0 Å². The zero-order valence-electron chi connectivity index (χ0n) is 24.1. The highest BCUT2D eigenvalue weighted by atomic mass is 16.7. The monoisotopic (exact) mass is 572 g/mol. The summed E-state index contributed by atoms with van der Waals surface area (Å²) in [5.41, 5.74) is 5.80. The number of ether oxygens (including phenoxy) is 2. The highest BCUT2D eigenvalue weighted by molar-refractivity contribution is 5.77. The van der Waals surface area contributed by atoms with Gasteiger partial charge in [0.15, 0.2) is 6.29 Å². The normalized spacial score (nSPS) is 18.5. The van der Waals surface area contributed by atoms with Gasteiger partial charge in [0.25, 0.3) is 0 Å². The number of amides is 1. The van der Waals surface area contributed by atoms with E-state index >= 15 is 0 Å². The first-order valence-corrected chi connectivity index (χ1v) is 14.3. The minimum absolute atomic E-state index is 0.00114. The van der Waals surface area contributed by atoms with E-state index in [4.69, 9.17) is 14.6 Å². The smallest absolute Gasteiger partial charge is 0.303 e. The molecule has 0 spiro atoms. The number of carbonyl (C=O) groups excluding carboxylic acids is 1. The summed E-state index contributed by atoms with van der Waals surface area (Å²) in [5, 5.41) is 21.1. The third-order valence-corrected chi connectivity index (χ3v) is 7.35. The fourth-order valence-corrected chi connectivity index (χ4v) is 5.13. The molecule has 3 aromatic carbocycles. The number of carboxylic acids is 1. The number of nitrogens with zero attached hydrogens (tertiary/aromatic N) is 1. The highest BCUT2D eigenvalue weighted by Crippen LogP contribution is 2.38. The van der Waals surface area contributed by atoms with Gasteiger partial charge in [0, 0.05) is 44.5 Å². The molecule has 1 aliphatic heterocycles. The Morgan fingerprint density at radius 1 is 1.00 bits per heavy atom. The van der Waals surface area contributed by atoms with E-state index in [1.165, 1.54) is 0 Å². The van der Waals surface area contributed by atoms with Crippen LogP contribution in [0, 0.1) is 0 Å². The Balaban J connectivity index is 1.48. The van der Waals surface area contributed by atoms with Crippen LogP contribution in [0.25, 0.3) is 11.1 Å². The van der Waals surface area contributed by atoms with Crippen LogP contribution < -0.4 is 5.32 Å². The molecule has 0 aliphatic carbocycles. The number of likely N-dealkylation sites (N-methyl/N-ethyl adjacent to an activating group) is 1. The van der Waals surface area contributed by atoms with Crippen LogP contribution in [0.1, 0.15) is 60.3 Å². The molecule has 1 saturated heterocycles. The first-order chi connectivity index (χ1) is 20.4. The van der Waals surface area contributed by atoms with Gasteiger partial charge in [0.2, 0.25) is 5.91 Å². The summed E-state index contributed by atoms with van der Waals surface area (Å²) in [6.07, 6.45) is 2.32. The van der Waals surface area contributed by atoms with Crippen molar-refractivity contribution in [3.05, 3.63) is 108 Å². The molecule has 4 rings (SSSR count). The zero-order valence-corrected chi connectivity index (χ0v) is 24.1. The van der Waals surface area contributed by atoms with Crippen molar-refractivity contribution in [2.75, 3.05) is 20.1 Å². The van der Waals surface area contributed by atoms with Crippen molar-refractivity contribution in [1.82, 2.24) is 10.2 Å². The minimum atomic E-state index is -0.900. The molecule has 0 radical (unpaired) electrons. The van der Waals surface area contributed by atoms with Crippen LogP contribution in [0.5, 0.6) is 0 Å². The predicted molar refractivity (Wildman–Crippen MR) is 161 cm³/mol. The Bertz CT molecular complexity index is 1320. The summed E-state index contributed by atoms with van der Waals surface area (Å²) in [6, 6.07) is 23.9. The first kappa shape index (κ1) is 31.1. The van der Waals surface area contributed by atoms with E-state index in [2.05, 4.69) is 16.8 Å². The zero-order chi connectivity index (χ0) is 29.9. The number of rotatable bonds is 14. The van der Waals surface area contributed by atoms with Gasteiger partial charge in [-0.3, -0.25) is 9.59 Å². The third kappa shape index (κ3) is 8.84. The average Bonchev–Trinajstić information content (AvgIpc) is 3.00. The van der Waals surface area contributed by atoms with E-state index < -0.39 is 12.3 Å². The van der Waals surface area contributed by atoms with Crippen LogP contribution in [0.15, 0.2) is 85.5 Å². The number of hydrogen-bond donors (Lipinski definition) is 3. The molecule has 1 heterocycles. The molecule has 3 N–H and O–H groups in total. The molecule has 1 amide bonds. The Labute approximate surface area is 247 Å². The number of aliphatic hydroxyl groups excluding tert-OH is 1. The van der Waals surface area contributed by atoms with Gasteiger partial charge in [-0.25, -0.2) is 0 Å². The lowest BCUT2D eigenvalue weighted by Crippen LogP contribution is -2.37. The van der Waals surface area contributed by atoms with Crippen LogP contribution in [0.3, 0.4) is 0 Å². The first-order valence-electron chi connectivity index (χ1n) is 14.3.